The van der Waals surface area contributed by atoms with Crippen molar-refractivity contribution in [1.82, 2.24) is 25.4 Å². The average molecular weight is 343 g/mol. The number of nitrogens with one attached hydrogen (secondary N) is 2. The molecule has 1 saturated heterocycles. The number of H-pyrrole nitrogens is 1. The van der Waals surface area contributed by atoms with Crippen LogP contribution in [0.3, 0.4) is 0 Å². The maximum absolute atomic E-state index is 12.6. The highest BCUT2D eigenvalue weighted by Crippen LogP contribution is 2.30. The molecule has 0 spiro atoms. The molecule has 1 fully saturated rings. The number of nitrogens with zero attached hydrogens (tertiary/aromatic N) is 3. The fourth-order valence-corrected chi connectivity index (χ4v) is 3.05. The number of carbonyl (C=O) groups excluding carboxylic acids is 1. The maximum atomic E-state index is 12.6. The Bertz CT molecular complexity index is 657. The standard InChI is InChI=1S/C18H25N5O2/c1-2-9-25-17-7-6-14(10-19-17)11-20-18(24)23-8-4-3-5-16(23)15-12-21-22-13-15/h6-7,10,12-13,16H,2-5,8-9,11H2,1H3,(H,20,24)(H,21,22). The monoisotopic (exact) mass is 343 g/mol. The molecule has 0 radical (unpaired) electrons. The van der Waals surface area contributed by atoms with E-state index >= 15 is 0 Å². The molecule has 3 rings (SSSR count). The van der Waals surface area contributed by atoms with Crippen LogP contribution >= 0.6 is 0 Å². The second-order valence-corrected chi connectivity index (χ2v) is 6.25. The molecule has 1 aliphatic rings. The van der Waals surface area contributed by atoms with Crippen LogP contribution in [-0.4, -0.2) is 39.3 Å². The van der Waals surface area contributed by atoms with Crippen molar-refractivity contribution in [3.8, 4) is 5.88 Å². The third-order valence-electron chi connectivity index (χ3n) is 4.36. The predicted molar refractivity (Wildman–Crippen MR) is 94.1 cm³/mol. The topological polar surface area (TPSA) is 83.1 Å². The van der Waals surface area contributed by atoms with Crippen LogP contribution in [0, 0.1) is 0 Å². The minimum absolute atomic E-state index is 0.0443. The van der Waals surface area contributed by atoms with Crippen molar-refractivity contribution >= 4 is 6.03 Å². The molecule has 2 amide bonds. The van der Waals surface area contributed by atoms with Gasteiger partial charge in [-0.25, -0.2) is 9.78 Å². The van der Waals surface area contributed by atoms with Gasteiger partial charge in [-0.15, -0.1) is 0 Å². The molecule has 3 heterocycles. The van der Waals surface area contributed by atoms with Gasteiger partial charge >= 0.3 is 6.03 Å². The summed E-state index contributed by atoms with van der Waals surface area (Å²) in [6.45, 7) is 3.94. The highest BCUT2D eigenvalue weighted by atomic mass is 16.5. The van der Waals surface area contributed by atoms with Crippen LogP contribution in [0.25, 0.3) is 0 Å². The number of pyridine rings is 1. The molecular weight excluding hydrogens is 318 g/mol. The Kier molecular flexibility index (Phi) is 5.87. The van der Waals surface area contributed by atoms with Crippen LogP contribution in [0.5, 0.6) is 5.88 Å². The number of aromatic nitrogens is 3. The summed E-state index contributed by atoms with van der Waals surface area (Å²) in [5.74, 6) is 0.618. The second-order valence-electron chi connectivity index (χ2n) is 6.25. The molecule has 134 valence electrons. The molecule has 25 heavy (non-hydrogen) atoms. The molecular formula is C18H25N5O2. The van der Waals surface area contributed by atoms with E-state index in [-0.39, 0.29) is 12.1 Å². The lowest BCUT2D eigenvalue weighted by molar-refractivity contribution is 0.151. The first-order chi connectivity index (χ1) is 12.3. The van der Waals surface area contributed by atoms with Crippen molar-refractivity contribution in [2.75, 3.05) is 13.2 Å². The van der Waals surface area contributed by atoms with Gasteiger partial charge in [0.25, 0.3) is 0 Å². The van der Waals surface area contributed by atoms with E-state index < -0.39 is 0 Å². The third kappa shape index (κ3) is 4.49. The van der Waals surface area contributed by atoms with Gasteiger partial charge < -0.3 is 15.0 Å². The van der Waals surface area contributed by atoms with Crippen LogP contribution in [0.15, 0.2) is 30.7 Å². The number of carbonyl (C=O) groups is 1. The Labute approximate surface area is 147 Å². The van der Waals surface area contributed by atoms with E-state index in [1.165, 1.54) is 0 Å². The third-order valence-corrected chi connectivity index (χ3v) is 4.36. The Balaban J connectivity index is 1.56. The van der Waals surface area contributed by atoms with E-state index in [9.17, 15) is 4.79 Å². The predicted octanol–water partition coefficient (Wildman–Crippen LogP) is 3.03. The lowest BCUT2D eigenvalue weighted by Gasteiger charge is -2.35. The van der Waals surface area contributed by atoms with E-state index in [4.69, 9.17) is 4.74 Å². The number of aromatic amines is 1. The molecule has 2 aromatic rings. The van der Waals surface area contributed by atoms with Crippen LogP contribution in [0.2, 0.25) is 0 Å². The average Bonchev–Trinajstić information content (AvgIpc) is 3.20. The number of hydrogen-bond acceptors (Lipinski definition) is 4. The zero-order valence-electron chi connectivity index (χ0n) is 14.6. The fraction of sp³-hybridized carbons (Fsp3) is 0.500. The molecule has 2 N–H and O–H groups in total. The maximum Gasteiger partial charge on any atom is 0.318 e. The highest BCUT2D eigenvalue weighted by molar-refractivity contribution is 5.74. The SMILES string of the molecule is CCCOc1ccc(CNC(=O)N2CCCCC2c2cn[nH]c2)cn1. The Morgan fingerprint density at radius 2 is 2.32 bits per heavy atom. The first-order valence-electron chi connectivity index (χ1n) is 8.89. The molecule has 0 aliphatic carbocycles. The summed E-state index contributed by atoms with van der Waals surface area (Å²) in [7, 11) is 0. The summed E-state index contributed by atoms with van der Waals surface area (Å²) in [5, 5.41) is 9.85. The summed E-state index contributed by atoms with van der Waals surface area (Å²) in [4.78, 5) is 18.8. The molecule has 1 unspecified atom stereocenters. The number of urea groups is 1. The van der Waals surface area contributed by atoms with Crippen molar-refractivity contribution in [3.63, 3.8) is 0 Å². The van der Waals surface area contributed by atoms with Crippen molar-refractivity contribution in [2.24, 2.45) is 0 Å². The van der Waals surface area contributed by atoms with Crippen LogP contribution in [-0.2, 0) is 6.54 Å². The van der Waals surface area contributed by atoms with Gasteiger partial charge in [0, 0.05) is 37.1 Å². The Hall–Kier alpha value is -2.57. The number of likely N-dealkylation sites (tertiary alicyclic amines) is 1. The largest absolute Gasteiger partial charge is 0.478 e. The van der Waals surface area contributed by atoms with Crippen molar-refractivity contribution in [3.05, 3.63) is 41.9 Å². The number of ether oxygens (including phenoxy) is 1. The zero-order valence-corrected chi connectivity index (χ0v) is 14.6. The molecule has 0 bridgehead atoms. The summed E-state index contributed by atoms with van der Waals surface area (Å²) >= 11 is 0. The van der Waals surface area contributed by atoms with Gasteiger partial charge in [-0.1, -0.05) is 13.0 Å². The zero-order chi connectivity index (χ0) is 17.5. The number of amides is 2. The molecule has 7 nitrogen and oxygen atoms in total. The summed E-state index contributed by atoms with van der Waals surface area (Å²) in [6.07, 6.45) is 9.50. The summed E-state index contributed by atoms with van der Waals surface area (Å²) in [5.41, 5.74) is 2.02. The lowest BCUT2D eigenvalue weighted by atomic mass is 9.98. The minimum atomic E-state index is -0.0443. The molecule has 7 heteroatoms. The van der Waals surface area contributed by atoms with Crippen LogP contribution in [0.1, 0.15) is 49.8 Å². The number of rotatable bonds is 6. The van der Waals surface area contributed by atoms with Crippen molar-refractivity contribution < 1.29 is 9.53 Å². The normalized spacial score (nSPS) is 17.3. The quantitative estimate of drug-likeness (QED) is 0.844. The van der Waals surface area contributed by atoms with E-state index in [0.717, 1.165) is 43.4 Å². The van der Waals surface area contributed by atoms with Crippen LogP contribution in [0.4, 0.5) is 4.79 Å². The summed E-state index contributed by atoms with van der Waals surface area (Å²) in [6, 6.07) is 3.82. The van der Waals surface area contributed by atoms with Crippen molar-refractivity contribution in [1.29, 1.82) is 0 Å². The van der Waals surface area contributed by atoms with Gasteiger partial charge in [-0.3, -0.25) is 5.10 Å². The van der Waals surface area contributed by atoms with E-state index in [1.54, 1.807) is 12.4 Å². The van der Waals surface area contributed by atoms with E-state index in [0.29, 0.717) is 19.0 Å². The van der Waals surface area contributed by atoms with E-state index in [2.05, 4.69) is 27.4 Å². The first kappa shape index (κ1) is 17.3. The van der Waals surface area contributed by atoms with Crippen LogP contribution < -0.4 is 10.1 Å². The molecule has 2 aromatic heterocycles. The first-order valence-corrected chi connectivity index (χ1v) is 8.89. The second kappa shape index (κ2) is 8.50. The van der Waals surface area contributed by atoms with Gasteiger partial charge in [-0.05, 0) is 31.2 Å². The Morgan fingerprint density at radius 1 is 1.40 bits per heavy atom. The van der Waals surface area contributed by atoms with Crippen molar-refractivity contribution in [2.45, 2.75) is 45.2 Å². The van der Waals surface area contributed by atoms with Gasteiger partial charge in [0.1, 0.15) is 0 Å². The fourth-order valence-electron chi connectivity index (χ4n) is 3.05. The van der Waals surface area contributed by atoms with Gasteiger partial charge in [0.2, 0.25) is 5.88 Å². The smallest absolute Gasteiger partial charge is 0.318 e. The highest BCUT2D eigenvalue weighted by Gasteiger charge is 2.28. The van der Waals surface area contributed by atoms with Gasteiger partial charge in [0.15, 0.2) is 0 Å². The molecule has 0 aromatic carbocycles. The van der Waals surface area contributed by atoms with Gasteiger partial charge in [0.05, 0.1) is 18.8 Å². The number of hydrogen-bond donors (Lipinski definition) is 2. The lowest BCUT2D eigenvalue weighted by Crippen LogP contribution is -2.44. The summed E-state index contributed by atoms with van der Waals surface area (Å²) < 4.78 is 5.47. The number of piperidine rings is 1. The minimum Gasteiger partial charge on any atom is -0.478 e. The Morgan fingerprint density at radius 3 is 3.04 bits per heavy atom. The van der Waals surface area contributed by atoms with Gasteiger partial charge in [-0.2, -0.15) is 5.10 Å². The molecule has 1 atom stereocenters. The molecule has 0 saturated carbocycles. The molecule has 1 aliphatic heterocycles. The van der Waals surface area contributed by atoms with E-state index in [1.807, 2.05) is 23.2 Å².